The van der Waals surface area contributed by atoms with Crippen LogP contribution < -0.4 is 10.1 Å². The van der Waals surface area contributed by atoms with Gasteiger partial charge in [-0.15, -0.1) is 10.2 Å². The van der Waals surface area contributed by atoms with E-state index in [2.05, 4.69) is 15.5 Å². The SMILES string of the molecule is CCCCS(=O)(=O)c1nnc(NC(=O)Cc2ccc(OC)cc2)s1. The van der Waals surface area contributed by atoms with Crippen molar-refractivity contribution < 1.29 is 17.9 Å². The summed E-state index contributed by atoms with van der Waals surface area (Å²) in [7, 11) is -1.85. The molecule has 7 nitrogen and oxygen atoms in total. The van der Waals surface area contributed by atoms with E-state index in [0.717, 1.165) is 23.3 Å². The van der Waals surface area contributed by atoms with E-state index < -0.39 is 9.84 Å². The summed E-state index contributed by atoms with van der Waals surface area (Å²) in [6.45, 7) is 1.92. The van der Waals surface area contributed by atoms with E-state index in [-0.39, 0.29) is 27.6 Å². The third-order valence-electron chi connectivity index (χ3n) is 3.21. The summed E-state index contributed by atoms with van der Waals surface area (Å²) in [5.41, 5.74) is 0.814. The van der Waals surface area contributed by atoms with Crippen molar-refractivity contribution in [3.05, 3.63) is 29.8 Å². The molecular formula is C15H19N3O4S2. The van der Waals surface area contributed by atoms with Gasteiger partial charge in [-0.3, -0.25) is 4.79 Å². The molecule has 0 spiro atoms. The Balaban J connectivity index is 1.97. The maximum absolute atomic E-state index is 12.0. The van der Waals surface area contributed by atoms with E-state index >= 15 is 0 Å². The molecule has 130 valence electrons. The fourth-order valence-electron chi connectivity index (χ4n) is 1.90. The van der Waals surface area contributed by atoms with Crippen molar-refractivity contribution in [3.63, 3.8) is 0 Å². The van der Waals surface area contributed by atoms with Gasteiger partial charge in [-0.05, 0) is 24.1 Å². The number of nitrogens with zero attached hydrogens (tertiary/aromatic N) is 2. The highest BCUT2D eigenvalue weighted by Gasteiger charge is 2.20. The normalized spacial score (nSPS) is 11.2. The Hall–Kier alpha value is -2.00. The van der Waals surface area contributed by atoms with Gasteiger partial charge in [-0.2, -0.15) is 0 Å². The second-order valence-corrected chi connectivity index (χ2v) is 8.38. The highest BCUT2D eigenvalue weighted by Crippen LogP contribution is 2.22. The average Bonchev–Trinajstić information content (AvgIpc) is 3.03. The summed E-state index contributed by atoms with van der Waals surface area (Å²) in [4.78, 5) is 12.0. The van der Waals surface area contributed by atoms with Crippen LogP contribution in [0.4, 0.5) is 5.13 Å². The van der Waals surface area contributed by atoms with Gasteiger partial charge >= 0.3 is 0 Å². The van der Waals surface area contributed by atoms with Gasteiger partial charge in [0.2, 0.25) is 25.2 Å². The number of anilines is 1. The summed E-state index contributed by atoms with van der Waals surface area (Å²) in [6.07, 6.45) is 1.51. The number of hydrogen-bond donors (Lipinski definition) is 1. The largest absolute Gasteiger partial charge is 0.497 e. The van der Waals surface area contributed by atoms with Gasteiger partial charge in [0.25, 0.3) is 0 Å². The quantitative estimate of drug-likeness (QED) is 0.717. The van der Waals surface area contributed by atoms with Crippen LogP contribution >= 0.6 is 11.3 Å². The molecule has 1 aromatic carbocycles. The van der Waals surface area contributed by atoms with Crippen molar-refractivity contribution >= 4 is 32.2 Å². The number of aromatic nitrogens is 2. The van der Waals surface area contributed by atoms with Crippen molar-refractivity contribution in [2.24, 2.45) is 0 Å². The minimum Gasteiger partial charge on any atom is -0.497 e. The van der Waals surface area contributed by atoms with Crippen LogP contribution in [0.5, 0.6) is 5.75 Å². The average molecular weight is 369 g/mol. The molecule has 1 amide bonds. The molecular weight excluding hydrogens is 350 g/mol. The second kappa shape index (κ2) is 8.20. The monoisotopic (exact) mass is 369 g/mol. The minimum atomic E-state index is -3.42. The van der Waals surface area contributed by atoms with Gasteiger partial charge in [0.05, 0.1) is 19.3 Å². The Kier molecular flexibility index (Phi) is 6.27. The Morgan fingerprint density at radius 1 is 1.25 bits per heavy atom. The third kappa shape index (κ3) is 5.00. The number of hydrogen-bond acceptors (Lipinski definition) is 7. The van der Waals surface area contributed by atoms with Gasteiger partial charge in [0.15, 0.2) is 0 Å². The van der Waals surface area contributed by atoms with Gasteiger partial charge in [0.1, 0.15) is 5.75 Å². The van der Waals surface area contributed by atoms with Crippen LogP contribution in [0.15, 0.2) is 28.6 Å². The van der Waals surface area contributed by atoms with Crippen LogP contribution in [0, 0.1) is 0 Å². The molecule has 1 heterocycles. The molecule has 0 fully saturated rings. The number of amides is 1. The zero-order valence-electron chi connectivity index (χ0n) is 13.5. The van der Waals surface area contributed by atoms with E-state index in [9.17, 15) is 13.2 Å². The number of rotatable bonds is 8. The predicted molar refractivity (Wildman–Crippen MR) is 92.2 cm³/mol. The Morgan fingerprint density at radius 3 is 2.58 bits per heavy atom. The number of unbranched alkanes of at least 4 members (excludes halogenated alkanes) is 1. The van der Waals surface area contributed by atoms with Crippen molar-refractivity contribution in [2.75, 3.05) is 18.2 Å². The minimum absolute atomic E-state index is 0.0396. The van der Waals surface area contributed by atoms with Crippen LogP contribution in [0.2, 0.25) is 0 Å². The number of nitrogens with one attached hydrogen (secondary N) is 1. The highest BCUT2D eigenvalue weighted by molar-refractivity contribution is 7.93. The van der Waals surface area contributed by atoms with Gasteiger partial charge < -0.3 is 10.1 Å². The van der Waals surface area contributed by atoms with Crippen LogP contribution in [0.1, 0.15) is 25.3 Å². The molecule has 0 radical (unpaired) electrons. The van der Waals surface area contributed by atoms with Crippen LogP contribution in [-0.4, -0.2) is 37.4 Å². The van der Waals surface area contributed by atoms with E-state index in [1.807, 2.05) is 6.92 Å². The summed E-state index contributed by atoms with van der Waals surface area (Å²) in [5, 5.41) is 10.2. The second-order valence-electron chi connectivity index (χ2n) is 5.12. The van der Waals surface area contributed by atoms with Crippen molar-refractivity contribution in [1.29, 1.82) is 0 Å². The van der Waals surface area contributed by atoms with Gasteiger partial charge in [-0.25, -0.2) is 8.42 Å². The molecule has 0 atom stereocenters. The first-order valence-electron chi connectivity index (χ1n) is 7.43. The van der Waals surface area contributed by atoms with E-state index in [4.69, 9.17) is 4.74 Å². The molecule has 2 aromatic rings. The highest BCUT2D eigenvalue weighted by atomic mass is 32.2. The summed E-state index contributed by atoms with van der Waals surface area (Å²) >= 11 is 0.873. The van der Waals surface area contributed by atoms with E-state index in [0.29, 0.717) is 12.2 Å². The Bertz CT molecular complexity index is 785. The molecule has 0 aliphatic heterocycles. The number of carbonyl (C=O) groups is 1. The lowest BCUT2D eigenvalue weighted by Crippen LogP contribution is -2.14. The molecule has 0 unspecified atom stereocenters. The lowest BCUT2D eigenvalue weighted by Gasteiger charge is -2.03. The third-order valence-corrected chi connectivity index (χ3v) is 6.29. The predicted octanol–water partition coefficient (Wildman–Crippen LogP) is 2.30. The van der Waals surface area contributed by atoms with Crippen molar-refractivity contribution in [2.45, 2.75) is 30.5 Å². The fourth-order valence-corrected chi connectivity index (χ4v) is 4.40. The fraction of sp³-hybridized carbons (Fsp3) is 0.400. The summed E-state index contributed by atoms with van der Waals surface area (Å²) in [5.74, 6) is 0.469. The van der Waals surface area contributed by atoms with Crippen LogP contribution in [0.25, 0.3) is 0 Å². The molecule has 0 saturated heterocycles. The van der Waals surface area contributed by atoms with Gasteiger partial charge in [-0.1, -0.05) is 36.8 Å². The smallest absolute Gasteiger partial charge is 0.234 e. The number of carbonyl (C=O) groups excluding carboxylic acids is 1. The Morgan fingerprint density at radius 2 is 1.96 bits per heavy atom. The summed E-state index contributed by atoms with van der Waals surface area (Å²) in [6, 6.07) is 7.12. The van der Waals surface area contributed by atoms with Gasteiger partial charge in [0, 0.05) is 0 Å². The van der Waals surface area contributed by atoms with E-state index in [1.165, 1.54) is 0 Å². The molecule has 1 aromatic heterocycles. The maximum atomic E-state index is 12.0. The van der Waals surface area contributed by atoms with Crippen LogP contribution in [0.3, 0.4) is 0 Å². The molecule has 0 saturated carbocycles. The molecule has 2 rings (SSSR count). The molecule has 0 aliphatic carbocycles. The maximum Gasteiger partial charge on any atom is 0.234 e. The molecule has 9 heteroatoms. The number of methoxy groups -OCH3 is 1. The molecule has 0 aliphatic rings. The number of benzene rings is 1. The lowest BCUT2D eigenvalue weighted by molar-refractivity contribution is -0.115. The first kappa shape index (κ1) is 18.3. The standard InChI is InChI=1S/C15H19N3O4S2/c1-3-4-9-24(20,21)15-18-17-14(23-15)16-13(19)10-11-5-7-12(22-2)8-6-11/h5-8H,3-4,9-10H2,1-2H3,(H,16,17,19). The topological polar surface area (TPSA) is 98.3 Å². The molecule has 0 bridgehead atoms. The zero-order chi connectivity index (χ0) is 17.6. The summed E-state index contributed by atoms with van der Waals surface area (Å²) < 4.78 is 29.0. The van der Waals surface area contributed by atoms with Crippen LogP contribution in [-0.2, 0) is 21.1 Å². The zero-order valence-corrected chi connectivity index (χ0v) is 15.1. The first-order chi connectivity index (χ1) is 11.4. The number of ether oxygens (including phenoxy) is 1. The van der Waals surface area contributed by atoms with E-state index in [1.54, 1.807) is 31.4 Å². The van der Waals surface area contributed by atoms with Crippen molar-refractivity contribution in [1.82, 2.24) is 10.2 Å². The lowest BCUT2D eigenvalue weighted by atomic mass is 10.1. The molecule has 24 heavy (non-hydrogen) atoms. The molecule has 1 N–H and O–H groups in total. The Labute approximate surface area is 145 Å². The number of sulfone groups is 1. The first-order valence-corrected chi connectivity index (χ1v) is 9.90. The van der Waals surface area contributed by atoms with Crippen molar-refractivity contribution in [3.8, 4) is 5.75 Å².